The second kappa shape index (κ2) is 2.40. The lowest BCUT2D eigenvalue weighted by molar-refractivity contribution is -0.773. The predicted octanol–water partition coefficient (Wildman–Crippen LogP) is 1.57. The molecule has 1 heterocycles. The van der Waals surface area contributed by atoms with E-state index in [9.17, 15) is 0 Å². The van der Waals surface area contributed by atoms with Crippen molar-refractivity contribution < 1.29 is 4.25 Å². The molecule has 1 aliphatic rings. The van der Waals surface area contributed by atoms with Crippen molar-refractivity contribution in [3.05, 3.63) is 11.6 Å². The Morgan fingerprint density at radius 3 is 2.67 bits per heavy atom. The van der Waals surface area contributed by atoms with Gasteiger partial charge in [0.15, 0.2) is 0 Å². The highest BCUT2D eigenvalue weighted by molar-refractivity contribution is 7.08. The maximum atomic E-state index is 2.87. The fraction of sp³-hybridized carbons (Fsp3) is 0.714. The third-order valence-electron chi connectivity index (χ3n) is 1.87. The molecule has 0 N–H and O–H groups in total. The molecule has 0 bridgehead atoms. The SMILES string of the molecule is CC1=CC[N+](C)(P)CC1. The molecule has 0 spiro atoms. The van der Waals surface area contributed by atoms with Crippen LogP contribution >= 0.6 is 9.39 Å². The van der Waals surface area contributed by atoms with E-state index in [1.165, 1.54) is 19.5 Å². The lowest BCUT2D eigenvalue weighted by Gasteiger charge is -2.31. The molecule has 2 heteroatoms. The quantitative estimate of drug-likeness (QED) is 0.357. The standard InChI is InChI=1S/C7H15NP/c1-7-3-5-8(2,9)6-4-7/h3H,4-6,9H2,1-2H3/q+1. The van der Waals surface area contributed by atoms with Crippen LogP contribution in [0.5, 0.6) is 0 Å². The largest absolute Gasteiger partial charge is 0.313 e. The maximum Gasteiger partial charge on any atom is 0.0981 e. The summed E-state index contributed by atoms with van der Waals surface area (Å²) in [7, 11) is 5.12. The van der Waals surface area contributed by atoms with Gasteiger partial charge in [0.1, 0.15) is 0 Å². The number of rotatable bonds is 0. The summed E-state index contributed by atoms with van der Waals surface area (Å²) in [5.74, 6) is 0. The summed E-state index contributed by atoms with van der Waals surface area (Å²) < 4.78 is 1.08. The van der Waals surface area contributed by atoms with Crippen LogP contribution in [0.15, 0.2) is 11.6 Å². The van der Waals surface area contributed by atoms with E-state index in [4.69, 9.17) is 0 Å². The second-order valence-electron chi connectivity index (χ2n) is 3.19. The zero-order chi connectivity index (χ0) is 6.91. The molecule has 2 unspecified atom stereocenters. The molecule has 52 valence electrons. The molecule has 0 aromatic rings. The average molecular weight is 144 g/mol. The number of nitrogens with zero attached hydrogens (tertiary/aromatic N) is 1. The molecule has 0 saturated heterocycles. The van der Waals surface area contributed by atoms with Crippen molar-refractivity contribution in [3.8, 4) is 0 Å². The molecule has 0 amide bonds. The van der Waals surface area contributed by atoms with Crippen molar-refractivity contribution in [3.63, 3.8) is 0 Å². The molecular formula is C7H15NP+. The van der Waals surface area contributed by atoms with Gasteiger partial charge < -0.3 is 4.25 Å². The van der Waals surface area contributed by atoms with Crippen LogP contribution < -0.4 is 0 Å². The lowest BCUT2D eigenvalue weighted by Crippen LogP contribution is -2.36. The zero-order valence-corrected chi connectivity index (χ0v) is 7.38. The van der Waals surface area contributed by atoms with E-state index in [1.54, 1.807) is 5.57 Å². The summed E-state index contributed by atoms with van der Waals surface area (Å²) in [5.41, 5.74) is 1.55. The molecule has 1 rings (SSSR count). The zero-order valence-electron chi connectivity index (χ0n) is 6.22. The van der Waals surface area contributed by atoms with Gasteiger partial charge in [0.05, 0.1) is 29.5 Å². The van der Waals surface area contributed by atoms with E-state index < -0.39 is 0 Å². The molecule has 1 nitrogen and oxygen atoms in total. The predicted molar refractivity (Wildman–Crippen MR) is 44.0 cm³/mol. The number of quaternary nitrogens is 1. The Kier molecular flexibility index (Phi) is 1.93. The van der Waals surface area contributed by atoms with E-state index in [1.807, 2.05) is 0 Å². The summed E-state index contributed by atoms with van der Waals surface area (Å²) >= 11 is 0. The average Bonchev–Trinajstić information content (AvgIpc) is 1.78. The van der Waals surface area contributed by atoms with Crippen molar-refractivity contribution >= 4 is 9.39 Å². The van der Waals surface area contributed by atoms with E-state index in [-0.39, 0.29) is 0 Å². The normalized spacial score (nSPS) is 36.1. The Bertz CT molecular complexity index is 138. The second-order valence-corrected chi connectivity index (χ2v) is 4.43. The van der Waals surface area contributed by atoms with Crippen molar-refractivity contribution in [1.29, 1.82) is 0 Å². The Morgan fingerprint density at radius 2 is 2.33 bits per heavy atom. The highest BCUT2D eigenvalue weighted by Gasteiger charge is 2.17. The van der Waals surface area contributed by atoms with Gasteiger partial charge in [-0.25, -0.2) is 0 Å². The van der Waals surface area contributed by atoms with Gasteiger partial charge in [-0.15, -0.1) is 0 Å². The molecule has 0 radical (unpaired) electrons. The van der Waals surface area contributed by atoms with Gasteiger partial charge in [0, 0.05) is 6.42 Å². The van der Waals surface area contributed by atoms with Crippen LogP contribution in [-0.2, 0) is 0 Å². The van der Waals surface area contributed by atoms with Gasteiger partial charge in [-0.2, -0.15) is 0 Å². The molecule has 0 saturated carbocycles. The summed E-state index contributed by atoms with van der Waals surface area (Å²) in [6, 6.07) is 0. The smallest absolute Gasteiger partial charge is 0.0981 e. The Balaban J connectivity index is 2.56. The molecular weight excluding hydrogens is 129 g/mol. The first-order valence-corrected chi connectivity index (χ1v) is 3.90. The third kappa shape index (κ3) is 2.08. The third-order valence-corrected chi connectivity index (χ3v) is 2.34. The van der Waals surface area contributed by atoms with E-state index in [0.717, 1.165) is 4.25 Å². The highest BCUT2D eigenvalue weighted by atomic mass is 31.0. The molecule has 0 aromatic heterocycles. The minimum absolute atomic E-state index is 1.08. The number of hydrogen-bond acceptors (Lipinski definition) is 0. The van der Waals surface area contributed by atoms with Gasteiger partial charge in [-0.3, -0.25) is 0 Å². The fourth-order valence-electron chi connectivity index (χ4n) is 0.989. The minimum atomic E-state index is 1.08. The monoisotopic (exact) mass is 144 g/mol. The molecule has 0 aliphatic carbocycles. The Hall–Kier alpha value is 0.130. The van der Waals surface area contributed by atoms with Gasteiger partial charge in [0.2, 0.25) is 0 Å². The lowest BCUT2D eigenvalue weighted by atomic mass is 10.1. The van der Waals surface area contributed by atoms with Gasteiger partial charge in [0.25, 0.3) is 0 Å². The minimum Gasteiger partial charge on any atom is -0.313 e. The van der Waals surface area contributed by atoms with Gasteiger partial charge in [-0.05, 0) is 13.0 Å². The van der Waals surface area contributed by atoms with E-state index in [0.29, 0.717) is 0 Å². The topological polar surface area (TPSA) is 0 Å². The maximum absolute atomic E-state index is 2.87. The molecule has 1 aliphatic heterocycles. The summed E-state index contributed by atoms with van der Waals surface area (Å²) in [6.07, 6.45) is 3.59. The molecule has 0 fully saturated rings. The van der Waals surface area contributed by atoms with Crippen molar-refractivity contribution in [1.82, 2.24) is 0 Å². The number of likely N-dealkylation sites (N-methyl/N-ethyl adjacent to an activating group) is 1. The summed E-state index contributed by atoms with van der Waals surface area (Å²) in [4.78, 5) is 0. The fourth-order valence-corrected chi connectivity index (χ4v) is 1.22. The molecule has 9 heavy (non-hydrogen) atoms. The van der Waals surface area contributed by atoms with E-state index in [2.05, 4.69) is 29.4 Å². The van der Waals surface area contributed by atoms with Crippen molar-refractivity contribution in [2.75, 3.05) is 20.1 Å². The number of hydrogen-bond donors (Lipinski definition) is 0. The van der Waals surface area contributed by atoms with Gasteiger partial charge >= 0.3 is 0 Å². The van der Waals surface area contributed by atoms with Crippen LogP contribution in [0.4, 0.5) is 0 Å². The first-order valence-electron chi connectivity index (χ1n) is 3.39. The van der Waals surface area contributed by atoms with Crippen LogP contribution in [0.2, 0.25) is 0 Å². The van der Waals surface area contributed by atoms with Crippen molar-refractivity contribution in [2.45, 2.75) is 13.3 Å². The van der Waals surface area contributed by atoms with Gasteiger partial charge in [-0.1, -0.05) is 5.57 Å². The summed E-state index contributed by atoms with van der Waals surface area (Å²) in [6.45, 7) is 4.66. The Morgan fingerprint density at radius 1 is 1.67 bits per heavy atom. The van der Waals surface area contributed by atoms with Crippen LogP contribution in [0, 0.1) is 0 Å². The van der Waals surface area contributed by atoms with E-state index >= 15 is 0 Å². The van der Waals surface area contributed by atoms with Crippen LogP contribution in [0.3, 0.4) is 0 Å². The Labute approximate surface area is 59.6 Å². The van der Waals surface area contributed by atoms with Crippen LogP contribution in [-0.4, -0.2) is 24.4 Å². The first-order chi connectivity index (χ1) is 4.10. The highest BCUT2D eigenvalue weighted by Crippen LogP contribution is 2.20. The van der Waals surface area contributed by atoms with Crippen LogP contribution in [0.25, 0.3) is 0 Å². The molecule has 0 aromatic carbocycles. The van der Waals surface area contributed by atoms with Crippen molar-refractivity contribution in [2.24, 2.45) is 0 Å². The first kappa shape index (κ1) is 7.24. The van der Waals surface area contributed by atoms with Crippen LogP contribution in [0.1, 0.15) is 13.3 Å². The summed E-state index contributed by atoms with van der Waals surface area (Å²) in [5, 5.41) is 0. The molecule has 2 atom stereocenters.